The number of aromatic nitrogens is 1. The van der Waals surface area contributed by atoms with Gasteiger partial charge >= 0.3 is 0 Å². The molecule has 0 bridgehead atoms. The van der Waals surface area contributed by atoms with E-state index in [1.807, 2.05) is 49.9 Å². The van der Waals surface area contributed by atoms with Crippen molar-refractivity contribution in [2.45, 2.75) is 39.7 Å². The number of hydrogen-bond donors (Lipinski definition) is 3. The van der Waals surface area contributed by atoms with E-state index in [0.717, 1.165) is 48.5 Å². The van der Waals surface area contributed by atoms with Gasteiger partial charge in [0.1, 0.15) is 5.75 Å². The molecule has 2 aromatic carbocycles. The van der Waals surface area contributed by atoms with Crippen molar-refractivity contribution >= 4 is 35.1 Å². The van der Waals surface area contributed by atoms with Crippen molar-refractivity contribution in [3.63, 3.8) is 0 Å². The molecule has 3 amide bonds. The van der Waals surface area contributed by atoms with Crippen LogP contribution in [0.25, 0.3) is 11.6 Å². The quantitative estimate of drug-likeness (QED) is 0.411. The number of benzene rings is 2. The second-order valence-electron chi connectivity index (χ2n) is 9.90. The number of aromatic amines is 1. The Hall–Kier alpha value is -4.33. The maximum atomic E-state index is 13.1. The molecule has 0 aliphatic carbocycles. The molecule has 8 heteroatoms. The lowest BCUT2D eigenvalue weighted by atomic mass is 10.0. The number of anilines is 1. The number of ether oxygens (including phenoxy) is 1. The van der Waals surface area contributed by atoms with Gasteiger partial charge in [-0.25, -0.2) is 0 Å². The molecule has 3 aromatic rings. The number of nitrogens with zero attached hydrogens (tertiary/aromatic N) is 1. The highest BCUT2D eigenvalue weighted by molar-refractivity contribution is 6.35. The molecule has 2 aliphatic rings. The van der Waals surface area contributed by atoms with Crippen LogP contribution in [0.1, 0.15) is 74.6 Å². The maximum absolute atomic E-state index is 13.1. The Labute approximate surface area is 222 Å². The average molecular weight is 513 g/mol. The van der Waals surface area contributed by atoms with Gasteiger partial charge < -0.3 is 25.3 Å². The van der Waals surface area contributed by atoms with Crippen molar-refractivity contribution in [3.05, 3.63) is 81.7 Å². The van der Waals surface area contributed by atoms with Crippen LogP contribution in [0.4, 0.5) is 5.69 Å². The summed E-state index contributed by atoms with van der Waals surface area (Å²) in [6.07, 6.45) is 3.82. The lowest BCUT2D eigenvalue weighted by Gasteiger charge is -2.15. The van der Waals surface area contributed by atoms with Crippen LogP contribution >= 0.6 is 0 Å². The minimum Gasteiger partial charge on any atom is -0.497 e. The molecule has 3 heterocycles. The summed E-state index contributed by atoms with van der Waals surface area (Å²) < 4.78 is 5.21. The van der Waals surface area contributed by atoms with Crippen molar-refractivity contribution < 1.29 is 19.1 Å². The molecule has 2 aliphatic heterocycles. The second-order valence-corrected chi connectivity index (χ2v) is 9.90. The molecule has 0 saturated carbocycles. The Morgan fingerprint density at radius 1 is 1.08 bits per heavy atom. The van der Waals surface area contributed by atoms with Gasteiger partial charge in [0.05, 0.1) is 24.3 Å². The van der Waals surface area contributed by atoms with Crippen molar-refractivity contribution in [1.29, 1.82) is 0 Å². The zero-order chi connectivity index (χ0) is 27.0. The molecule has 38 heavy (non-hydrogen) atoms. The van der Waals surface area contributed by atoms with Crippen LogP contribution in [-0.2, 0) is 4.79 Å². The van der Waals surface area contributed by atoms with Gasteiger partial charge in [0, 0.05) is 41.3 Å². The van der Waals surface area contributed by atoms with Gasteiger partial charge in [0.15, 0.2) is 0 Å². The first kappa shape index (κ1) is 25.3. The zero-order valence-corrected chi connectivity index (χ0v) is 22.1. The molecule has 0 spiro atoms. The first-order valence-electron chi connectivity index (χ1n) is 12.9. The third-order valence-electron chi connectivity index (χ3n) is 7.40. The largest absolute Gasteiger partial charge is 0.497 e. The van der Waals surface area contributed by atoms with Crippen LogP contribution < -0.4 is 15.4 Å². The predicted octanol–water partition coefficient (Wildman–Crippen LogP) is 4.86. The monoisotopic (exact) mass is 512 g/mol. The molecule has 0 unspecified atom stereocenters. The van der Waals surface area contributed by atoms with E-state index in [1.165, 1.54) is 0 Å². The van der Waals surface area contributed by atoms with Crippen LogP contribution in [0.3, 0.4) is 0 Å². The van der Waals surface area contributed by atoms with E-state index in [2.05, 4.69) is 15.6 Å². The summed E-state index contributed by atoms with van der Waals surface area (Å²) in [5, 5.41) is 5.90. The smallest absolute Gasteiger partial charge is 0.256 e. The Kier molecular flexibility index (Phi) is 6.80. The number of carbonyl (C=O) groups is 3. The van der Waals surface area contributed by atoms with Crippen LogP contribution in [-0.4, -0.2) is 47.8 Å². The summed E-state index contributed by atoms with van der Waals surface area (Å²) >= 11 is 0. The van der Waals surface area contributed by atoms with E-state index in [1.54, 1.807) is 31.4 Å². The number of fused-ring (bicyclic) bond motifs is 1. The van der Waals surface area contributed by atoms with Crippen molar-refractivity contribution in [3.8, 4) is 5.75 Å². The van der Waals surface area contributed by atoms with Gasteiger partial charge in [-0.05, 0) is 81.1 Å². The Morgan fingerprint density at radius 3 is 2.47 bits per heavy atom. The Bertz CT molecular complexity index is 1450. The molecule has 1 fully saturated rings. The molecule has 196 valence electrons. The fraction of sp³-hybridized carbons (Fsp3) is 0.300. The number of aryl methyl sites for hydroxylation is 1. The fourth-order valence-electron chi connectivity index (χ4n) is 5.19. The van der Waals surface area contributed by atoms with Gasteiger partial charge in [-0.1, -0.05) is 12.1 Å². The summed E-state index contributed by atoms with van der Waals surface area (Å²) in [7, 11) is 1.61. The molecule has 5 rings (SSSR count). The third kappa shape index (κ3) is 4.69. The second kappa shape index (κ2) is 10.2. The Morgan fingerprint density at radius 2 is 1.79 bits per heavy atom. The molecule has 3 N–H and O–H groups in total. The minimum absolute atomic E-state index is 0.0274. The number of nitrogens with one attached hydrogen (secondary N) is 3. The average Bonchev–Trinajstić information content (AvgIpc) is 3.62. The topological polar surface area (TPSA) is 104 Å². The predicted molar refractivity (Wildman–Crippen MR) is 147 cm³/mol. The summed E-state index contributed by atoms with van der Waals surface area (Å²) in [6, 6.07) is 12.5. The molecule has 8 nitrogen and oxygen atoms in total. The number of rotatable bonds is 6. The third-order valence-corrected chi connectivity index (χ3v) is 7.40. The summed E-state index contributed by atoms with van der Waals surface area (Å²) in [5.74, 6) is 0.297. The molecule has 1 aromatic heterocycles. The highest BCUT2D eigenvalue weighted by Crippen LogP contribution is 2.35. The number of H-pyrrole nitrogens is 1. The highest BCUT2D eigenvalue weighted by atomic mass is 16.5. The SMILES string of the molecule is COc1ccc([C@H](C)NC(=O)c2ccc3c(c2)/C(=C/c2[nH]c(C)c(C(=O)N4CCCC4)c2C)C(=O)N3)cc1. The van der Waals surface area contributed by atoms with E-state index in [0.29, 0.717) is 33.6 Å². The van der Waals surface area contributed by atoms with Gasteiger partial charge in [0.25, 0.3) is 17.7 Å². The van der Waals surface area contributed by atoms with Crippen molar-refractivity contribution in [1.82, 2.24) is 15.2 Å². The lowest BCUT2D eigenvalue weighted by Crippen LogP contribution is -2.28. The highest BCUT2D eigenvalue weighted by Gasteiger charge is 2.28. The van der Waals surface area contributed by atoms with E-state index in [9.17, 15) is 14.4 Å². The normalized spacial score (nSPS) is 16.4. The van der Waals surface area contributed by atoms with Crippen molar-refractivity contribution in [2.24, 2.45) is 0 Å². The van der Waals surface area contributed by atoms with Crippen LogP contribution in [0.15, 0.2) is 42.5 Å². The van der Waals surface area contributed by atoms with Gasteiger partial charge in [0.2, 0.25) is 0 Å². The maximum Gasteiger partial charge on any atom is 0.256 e. The lowest BCUT2D eigenvalue weighted by molar-refractivity contribution is -0.110. The van der Waals surface area contributed by atoms with Gasteiger partial charge in [-0.3, -0.25) is 14.4 Å². The first-order chi connectivity index (χ1) is 18.3. The minimum atomic E-state index is -0.247. The van der Waals surface area contributed by atoms with Crippen LogP contribution in [0, 0.1) is 13.8 Å². The number of methoxy groups -OCH3 is 1. The summed E-state index contributed by atoms with van der Waals surface area (Å²) in [5.41, 5.74) is 6.13. The van der Waals surface area contributed by atoms with E-state index in [4.69, 9.17) is 4.74 Å². The summed E-state index contributed by atoms with van der Waals surface area (Å²) in [4.78, 5) is 44.3. The number of amides is 3. The van der Waals surface area contributed by atoms with Gasteiger partial charge in [-0.2, -0.15) is 0 Å². The van der Waals surface area contributed by atoms with Gasteiger partial charge in [-0.15, -0.1) is 0 Å². The van der Waals surface area contributed by atoms with E-state index < -0.39 is 0 Å². The molecule has 0 radical (unpaired) electrons. The summed E-state index contributed by atoms with van der Waals surface area (Å²) in [6.45, 7) is 7.25. The van der Waals surface area contributed by atoms with E-state index >= 15 is 0 Å². The fourth-order valence-corrected chi connectivity index (χ4v) is 5.19. The van der Waals surface area contributed by atoms with Crippen LogP contribution in [0.5, 0.6) is 5.75 Å². The molecule has 1 saturated heterocycles. The Balaban J connectivity index is 1.40. The standard InChI is InChI=1S/C30H32N4O4/c1-17-26(31-19(3)27(17)30(37)34-13-5-6-14-34)16-24-23-15-21(9-12-25(23)33-29(24)36)28(35)32-18(2)20-7-10-22(38-4)11-8-20/h7-12,15-16,18,31H,5-6,13-14H2,1-4H3,(H,32,35)(H,33,36)/b24-16-/t18-/m0/s1. The number of hydrogen-bond acceptors (Lipinski definition) is 4. The number of likely N-dealkylation sites (tertiary alicyclic amines) is 1. The zero-order valence-electron chi connectivity index (χ0n) is 22.1. The molecule has 1 atom stereocenters. The van der Waals surface area contributed by atoms with Crippen molar-refractivity contribution in [2.75, 3.05) is 25.5 Å². The van der Waals surface area contributed by atoms with E-state index in [-0.39, 0.29) is 23.8 Å². The first-order valence-corrected chi connectivity index (χ1v) is 12.9. The number of carbonyl (C=O) groups excluding carboxylic acids is 3. The van der Waals surface area contributed by atoms with Crippen LogP contribution in [0.2, 0.25) is 0 Å². The molecular formula is C30H32N4O4. The molecular weight excluding hydrogens is 480 g/mol.